The summed E-state index contributed by atoms with van der Waals surface area (Å²) in [5.74, 6) is 1.67. The summed E-state index contributed by atoms with van der Waals surface area (Å²) in [6.07, 6.45) is 10.0. The van der Waals surface area contributed by atoms with Gasteiger partial charge in [0.05, 0.1) is 30.7 Å². The molecule has 124 valence electrons. The number of ether oxygens (including phenoxy) is 1. The van der Waals surface area contributed by atoms with Gasteiger partial charge in [0.2, 0.25) is 5.69 Å². The zero-order chi connectivity index (χ0) is 17.3. The average molecular weight is 355 g/mol. The van der Waals surface area contributed by atoms with Crippen molar-refractivity contribution in [2.75, 3.05) is 12.4 Å². The topological polar surface area (TPSA) is 84.1 Å². The maximum Gasteiger partial charge on any atom is 0.287 e. The van der Waals surface area contributed by atoms with Crippen molar-refractivity contribution in [3.63, 3.8) is 0 Å². The van der Waals surface area contributed by atoms with Crippen molar-refractivity contribution in [3.8, 4) is 5.75 Å². The average Bonchev–Trinajstić information content (AvgIpc) is 3.02. The number of benzene rings is 1. The molecule has 3 heterocycles. The maximum atomic E-state index is 6.17. The van der Waals surface area contributed by atoms with Crippen molar-refractivity contribution < 1.29 is 4.74 Å². The molecular formula is C16H13ClN7O+. The number of aliphatic imine (C=N–C) groups is 2. The number of amidine groups is 1. The summed E-state index contributed by atoms with van der Waals surface area (Å²) in [6, 6.07) is 5.36. The lowest BCUT2D eigenvalue weighted by Gasteiger charge is -2.22. The monoisotopic (exact) mass is 354 g/mol. The van der Waals surface area contributed by atoms with Crippen LogP contribution in [0, 0.1) is 0 Å². The number of aromatic nitrogens is 2. The highest BCUT2D eigenvalue weighted by atomic mass is 35.5. The first-order chi connectivity index (χ1) is 12.2. The molecule has 0 radical (unpaired) electrons. The number of hydrogen-bond acceptors (Lipinski definition) is 7. The molecule has 1 N–H and O–H groups in total. The Morgan fingerprint density at radius 3 is 2.80 bits per heavy atom. The number of halogens is 1. The normalized spacial score (nSPS) is 20.7. The van der Waals surface area contributed by atoms with E-state index >= 15 is 0 Å². The molecule has 25 heavy (non-hydrogen) atoms. The number of nitrogens with zero attached hydrogens (tertiary/aromatic N) is 6. The minimum Gasteiger partial charge on any atom is -0.495 e. The SMILES string of the molecule is COc1ccc(NC2=N[N+]3(c4cncnc4)C=CN=CC3=N2)cc1Cl. The van der Waals surface area contributed by atoms with E-state index in [-0.39, 0.29) is 4.59 Å². The first-order valence-corrected chi connectivity index (χ1v) is 7.74. The third kappa shape index (κ3) is 2.67. The van der Waals surface area contributed by atoms with E-state index in [4.69, 9.17) is 16.3 Å². The largest absolute Gasteiger partial charge is 0.495 e. The van der Waals surface area contributed by atoms with Crippen LogP contribution in [0.1, 0.15) is 0 Å². The smallest absolute Gasteiger partial charge is 0.287 e. The Labute approximate surface area is 148 Å². The molecule has 0 amide bonds. The highest BCUT2D eigenvalue weighted by Gasteiger charge is 2.43. The van der Waals surface area contributed by atoms with Gasteiger partial charge in [-0.05, 0) is 23.3 Å². The third-order valence-corrected chi connectivity index (χ3v) is 4.02. The molecule has 1 aromatic carbocycles. The van der Waals surface area contributed by atoms with E-state index in [9.17, 15) is 0 Å². The second kappa shape index (κ2) is 6.08. The van der Waals surface area contributed by atoms with Crippen molar-refractivity contribution in [3.05, 3.63) is 54.3 Å². The van der Waals surface area contributed by atoms with Crippen LogP contribution in [0.2, 0.25) is 5.02 Å². The van der Waals surface area contributed by atoms with Crippen LogP contribution in [-0.4, -0.2) is 35.1 Å². The summed E-state index contributed by atoms with van der Waals surface area (Å²) < 4.78 is 5.18. The molecule has 1 unspecified atom stereocenters. The van der Waals surface area contributed by atoms with Crippen LogP contribution < -0.4 is 14.6 Å². The van der Waals surface area contributed by atoms with Crippen LogP contribution >= 0.6 is 11.6 Å². The summed E-state index contributed by atoms with van der Waals surface area (Å²) in [4.78, 5) is 16.8. The van der Waals surface area contributed by atoms with Crippen molar-refractivity contribution in [2.24, 2.45) is 15.1 Å². The molecule has 0 saturated carbocycles. The van der Waals surface area contributed by atoms with Gasteiger partial charge in [0.1, 0.15) is 18.3 Å². The van der Waals surface area contributed by atoms with Gasteiger partial charge < -0.3 is 10.1 Å². The second-order valence-electron chi connectivity index (χ2n) is 5.23. The van der Waals surface area contributed by atoms with Crippen molar-refractivity contribution in [1.29, 1.82) is 0 Å². The van der Waals surface area contributed by atoms with Crippen LogP contribution in [0.5, 0.6) is 5.75 Å². The molecule has 8 nitrogen and oxygen atoms in total. The number of rotatable bonds is 3. The zero-order valence-corrected chi connectivity index (χ0v) is 13.9. The van der Waals surface area contributed by atoms with Crippen molar-refractivity contribution >= 4 is 41.0 Å². The highest BCUT2D eigenvalue weighted by molar-refractivity contribution is 6.38. The van der Waals surface area contributed by atoms with Crippen LogP contribution in [0.15, 0.2) is 64.4 Å². The van der Waals surface area contributed by atoms with Crippen molar-refractivity contribution in [1.82, 2.24) is 14.6 Å². The molecule has 2 aliphatic heterocycles. The molecule has 4 rings (SSSR count). The molecule has 2 aromatic rings. The van der Waals surface area contributed by atoms with Gasteiger partial charge in [-0.2, -0.15) is 4.99 Å². The zero-order valence-electron chi connectivity index (χ0n) is 13.2. The number of quaternary nitrogens is 1. The summed E-state index contributed by atoms with van der Waals surface area (Å²) in [5.41, 5.74) is 1.50. The molecule has 0 saturated heterocycles. The van der Waals surface area contributed by atoms with Gasteiger partial charge in [0, 0.05) is 5.69 Å². The van der Waals surface area contributed by atoms with E-state index in [0.29, 0.717) is 22.6 Å². The number of methoxy groups -OCH3 is 1. The second-order valence-corrected chi connectivity index (χ2v) is 5.63. The van der Waals surface area contributed by atoms with Gasteiger partial charge in [0.25, 0.3) is 11.8 Å². The van der Waals surface area contributed by atoms with E-state index in [0.717, 1.165) is 11.4 Å². The van der Waals surface area contributed by atoms with Crippen molar-refractivity contribution in [2.45, 2.75) is 0 Å². The van der Waals surface area contributed by atoms with E-state index in [1.807, 2.05) is 12.3 Å². The third-order valence-electron chi connectivity index (χ3n) is 3.73. The van der Waals surface area contributed by atoms with Gasteiger partial charge in [0.15, 0.2) is 6.20 Å². The number of anilines is 1. The Bertz CT molecular complexity index is 939. The lowest BCUT2D eigenvalue weighted by atomic mass is 10.3. The summed E-state index contributed by atoms with van der Waals surface area (Å²) in [5, 5.41) is 8.34. The quantitative estimate of drug-likeness (QED) is 0.859. The number of guanidine groups is 1. The van der Waals surface area contributed by atoms with Crippen LogP contribution in [0.4, 0.5) is 11.4 Å². The summed E-state index contributed by atoms with van der Waals surface area (Å²) in [6.45, 7) is 0. The number of hydrogen-bond donors (Lipinski definition) is 1. The molecule has 0 aliphatic carbocycles. The first-order valence-electron chi connectivity index (χ1n) is 7.36. The van der Waals surface area contributed by atoms with E-state index < -0.39 is 0 Å². The molecule has 2 aliphatic rings. The Morgan fingerprint density at radius 1 is 1.20 bits per heavy atom. The number of nitrogens with one attached hydrogen (secondary N) is 1. The first kappa shape index (κ1) is 15.4. The lowest BCUT2D eigenvalue weighted by Crippen LogP contribution is -2.44. The lowest BCUT2D eigenvalue weighted by molar-refractivity contribution is 0.415. The Kier molecular flexibility index (Phi) is 3.75. The Balaban J connectivity index is 1.70. The fraction of sp³-hybridized carbons (Fsp3) is 0.0625. The number of fused-ring (bicyclic) bond motifs is 1. The summed E-state index contributed by atoms with van der Waals surface area (Å²) in [7, 11) is 1.57. The van der Waals surface area contributed by atoms with Gasteiger partial charge in [-0.25, -0.2) is 9.97 Å². The molecule has 0 fully saturated rings. The van der Waals surface area contributed by atoms with Gasteiger partial charge in [-0.3, -0.25) is 4.99 Å². The van der Waals surface area contributed by atoms with E-state index in [1.165, 1.54) is 6.33 Å². The molecular weight excluding hydrogens is 342 g/mol. The van der Waals surface area contributed by atoms with Gasteiger partial charge in [-0.1, -0.05) is 16.2 Å². The highest BCUT2D eigenvalue weighted by Crippen LogP contribution is 2.31. The van der Waals surface area contributed by atoms with Gasteiger partial charge >= 0.3 is 0 Å². The van der Waals surface area contributed by atoms with E-state index in [2.05, 4.69) is 30.4 Å². The minimum absolute atomic E-state index is 0.0244. The molecule has 0 bridgehead atoms. The van der Waals surface area contributed by atoms with Crippen LogP contribution in [0.25, 0.3) is 0 Å². The maximum absolute atomic E-state index is 6.17. The summed E-state index contributed by atoms with van der Waals surface area (Å²) >= 11 is 6.17. The fourth-order valence-corrected chi connectivity index (χ4v) is 2.81. The van der Waals surface area contributed by atoms with Crippen LogP contribution in [-0.2, 0) is 0 Å². The Hall–Kier alpha value is -3.10. The fourth-order valence-electron chi connectivity index (χ4n) is 2.55. The standard InChI is InChI=1S/C16H13ClN7O/c1-25-14-3-2-11(6-13(14)17)21-16-22-15-9-18-4-5-24(15,23-16)12-7-19-10-20-8-12/h2-10H,1H3,(H,21,23)/q+1. The molecule has 1 aromatic heterocycles. The molecule has 1 atom stereocenters. The van der Waals surface area contributed by atoms with Gasteiger partial charge in [-0.15, -0.1) is 0 Å². The Morgan fingerprint density at radius 2 is 2.04 bits per heavy atom. The molecule has 0 spiro atoms. The predicted molar refractivity (Wildman–Crippen MR) is 98.0 cm³/mol. The predicted octanol–water partition coefficient (Wildman–Crippen LogP) is 2.80. The minimum atomic E-state index is 0.0244. The molecule has 9 heteroatoms. The van der Waals surface area contributed by atoms with E-state index in [1.54, 1.807) is 44.1 Å². The van der Waals surface area contributed by atoms with Crippen LogP contribution in [0.3, 0.4) is 0 Å².